The van der Waals surface area contributed by atoms with E-state index in [9.17, 15) is 0 Å². The van der Waals surface area contributed by atoms with E-state index >= 15 is 0 Å². The Morgan fingerprint density at radius 2 is 1.85 bits per heavy atom. The molecule has 0 bridgehead atoms. The maximum atomic E-state index is 4.43. The first-order valence-electron chi connectivity index (χ1n) is 5.13. The van der Waals surface area contributed by atoms with Crippen molar-refractivity contribution in [3.8, 4) is 0 Å². The maximum Gasteiger partial charge on any atom is 0.00337 e. The van der Waals surface area contributed by atoms with Crippen LogP contribution in [-0.2, 0) is 21.1 Å². The van der Waals surface area contributed by atoms with Gasteiger partial charge in [-0.2, -0.15) is 0 Å². The summed E-state index contributed by atoms with van der Waals surface area (Å²) >= 11 is 0. The molecule has 2 aliphatic rings. The van der Waals surface area contributed by atoms with E-state index in [2.05, 4.69) is 17.3 Å². The minimum atomic E-state index is 0. The van der Waals surface area contributed by atoms with Crippen LogP contribution >= 0.6 is 0 Å². The minimum Gasteiger partial charge on any atom is -0.662 e. The van der Waals surface area contributed by atoms with Crippen molar-refractivity contribution in [2.24, 2.45) is 5.41 Å². The molecule has 0 aromatic carbocycles. The van der Waals surface area contributed by atoms with Gasteiger partial charge in [-0.25, -0.2) is 0 Å². The molecule has 0 radical (unpaired) electrons. The molecule has 76 valence electrons. The van der Waals surface area contributed by atoms with E-state index in [4.69, 9.17) is 0 Å². The first-order chi connectivity index (χ1) is 5.81. The summed E-state index contributed by atoms with van der Waals surface area (Å²) in [5, 5.41) is 4.43. The predicted octanol–water partition coefficient (Wildman–Crippen LogP) is 1.86. The fourth-order valence-electron chi connectivity index (χ4n) is 2.73. The predicted molar refractivity (Wildman–Crippen MR) is 51.5 cm³/mol. The zero-order valence-corrected chi connectivity index (χ0v) is 11.4. The fraction of sp³-hybridized carbons (Fsp3) is 1.00. The SMILES string of the molecule is CN1CCCC2(CC[N-]CC2)C1.[W]. The van der Waals surface area contributed by atoms with Gasteiger partial charge in [0.05, 0.1) is 0 Å². The van der Waals surface area contributed by atoms with Crippen molar-refractivity contribution < 1.29 is 21.1 Å². The van der Waals surface area contributed by atoms with E-state index in [1.807, 2.05) is 0 Å². The molecule has 0 unspecified atom stereocenters. The van der Waals surface area contributed by atoms with Crippen LogP contribution in [0.15, 0.2) is 0 Å². The Kier molecular flexibility index (Phi) is 4.41. The van der Waals surface area contributed by atoms with Crippen LogP contribution in [0.1, 0.15) is 25.7 Å². The van der Waals surface area contributed by atoms with Crippen molar-refractivity contribution in [3.63, 3.8) is 0 Å². The third-order valence-electron chi connectivity index (χ3n) is 3.45. The molecule has 13 heavy (non-hydrogen) atoms. The monoisotopic (exact) mass is 351 g/mol. The number of nitrogens with zero attached hydrogens (tertiary/aromatic N) is 2. The Bertz CT molecular complexity index is 149. The molecule has 0 aromatic rings. The first kappa shape index (κ1) is 11.7. The number of hydrogen-bond donors (Lipinski definition) is 0. The fourth-order valence-corrected chi connectivity index (χ4v) is 2.73. The molecule has 2 rings (SSSR count). The molecule has 2 fully saturated rings. The second kappa shape index (κ2) is 4.91. The van der Waals surface area contributed by atoms with Crippen LogP contribution in [0.5, 0.6) is 0 Å². The molecule has 2 aliphatic heterocycles. The number of hydrogen-bond acceptors (Lipinski definition) is 1. The summed E-state index contributed by atoms with van der Waals surface area (Å²) in [6, 6.07) is 0. The molecule has 0 N–H and O–H groups in total. The Hall–Kier alpha value is 0.608. The van der Waals surface area contributed by atoms with Gasteiger partial charge in [0, 0.05) is 27.6 Å². The summed E-state index contributed by atoms with van der Waals surface area (Å²) in [7, 11) is 2.26. The molecule has 0 atom stereocenters. The molecular formula is C10H19N2W-. The van der Waals surface area contributed by atoms with Crippen LogP contribution in [0.2, 0.25) is 0 Å². The van der Waals surface area contributed by atoms with Crippen molar-refractivity contribution >= 4 is 0 Å². The summed E-state index contributed by atoms with van der Waals surface area (Å²) < 4.78 is 0. The number of rotatable bonds is 0. The van der Waals surface area contributed by atoms with Crippen LogP contribution in [0.3, 0.4) is 0 Å². The van der Waals surface area contributed by atoms with E-state index in [-0.39, 0.29) is 21.1 Å². The Morgan fingerprint density at radius 3 is 2.46 bits per heavy atom. The zero-order chi connectivity index (χ0) is 8.44. The van der Waals surface area contributed by atoms with Gasteiger partial charge in [0.15, 0.2) is 0 Å². The van der Waals surface area contributed by atoms with E-state index < -0.39 is 0 Å². The van der Waals surface area contributed by atoms with Gasteiger partial charge >= 0.3 is 0 Å². The second-order valence-corrected chi connectivity index (χ2v) is 4.51. The molecular weight excluding hydrogens is 332 g/mol. The molecule has 0 amide bonds. The smallest absolute Gasteiger partial charge is 0.00337 e. The zero-order valence-electron chi connectivity index (χ0n) is 8.46. The number of likely N-dealkylation sites (tertiary alicyclic amines) is 1. The quantitative estimate of drug-likeness (QED) is 0.651. The van der Waals surface area contributed by atoms with Crippen molar-refractivity contribution in [3.05, 3.63) is 5.32 Å². The third kappa shape index (κ3) is 2.78. The van der Waals surface area contributed by atoms with Crippen LogP contribution in [0.4, 0.5) is 0 Å². The molecule has 0 aliphatic carbocycles. The van der Waals surface area contributed by atoms with Crippen molar-refractivity contribution in [1.29, 1.82) is 0 Å². The van der Waals surface area contributed by atoms with Gasteiger partial charge in [-0.05, 0) is 31.8 Å². The van der Waals surface area contributed by atoms with Gasteiger partial charge < -0.3 is 10.2 Å². The minimum absolute atomic E-state index is 0. The van der Waals surface area contributed by atoms with Crippen molar-refractivity contribution in [2.75, 3.05) is 33.2 Å². The van der Waals surface area contributed by atoms with Crippen LogP contribution in [-0.4, -0.2) is 38.1 Å². The maximum absolute atomic E-state index is 4.43. The van der Waals surface area contributed by atoms with Gasteiger partial charge in [-0.15, -0.1) is 13.1 Å². The molecule has 1 spiro atoms. The van der Waals surface area contributed by atoms with Crippen molar-refractivity contribution in [1.82, 2.24) is 4.90 Å². The molecule has 0 aromatic heterocycles. The largest absolute Gasteiger partial charge is 0.662 e. The summed E-state index contributed by atoms with van der Waals surface area (Å²) in [5.74, 6) is 0. The van der Waals surface area contributed by atoms with Gasteiger partial charge in [0.2, 0.25) is 0 Å². The molecule has 2 nitrogen and oxygen atoms in total. The normalized spacial score (nSPS) is 28.4. The van der Waals surface area contributed by atoms with Gasteiger partial charge in [-0.1, -0.05) is 12.8 Å². The average Bonchev–Trinajstić information content (AvgIpc) is 2.05. The molecule has 2 heterocycles. The van der Waals surface area contributed by atoms with E-state index in [0.717, 1.165) is 13.1 Å². The van der Waals surface area contributed by atoms with Crippen molar-refractivity contribution in [2.45, 2.75) is 25.7 Å². The summed E-state index contributed by atoms with van der Waals surface area (Å²) in [5.41, 5.74) is 0.661. The Balaban J connectivity index is 0.000000845. The number of piperidine rings is 2. The van der Waals surface area contributed by atoms with Crippen LogP contribution in [0, 0.1) is 5.41 Å². The van der Waals surface area contributed by atoms with Gasteiger partial charge in [0.1, 0.15) is 0 Å². The van der Waals surface area contributed by atoms with E-state index in [0.29, 0.717) is 5.41 Å². The van der Waals surface area contributed by atoms with E-state index in [1.54, 1.807) is 0 Å². The molecule has 3 heteroatoms. The summed E-state index contributed by atoms with van der Waals surface area (Å²) in [6.07, 6.45) is 5.54. The average molecular weight is 351 g/mol. The van der Waals surface area contributed by atoms with Gasteiger partial charge in [-0.3, -0.25) is 0 Å². The second-order valence-electron chi connectivity index (χ2n) is 4.51. The standard InChI is InChI=1S/C10H19N2.W/c1-12-8-2-3-10(9-12)4-6-11-7-5-10;/h2-9H2,1H3;/q-1;. The van der Waals surface area contributed by atoms with E-state index in [1.165, 1.54) is 38.8 Å². The topological polar surface area (TPSA) is 17.3 Å². The van der Waals surface area contributed by atoms with Crippen LogP contribution < -0.4 is 0 Å². The van der Waals surface area contributed by atoms with Gasteiger partial charge in [0.25, 0.3) is 0 Å². The summed E-state index contributed by atoms with van der Waals surface area (Å²) in [4.78, 5) is 2.49. The molecule has 2 saturated heterocycles. The molecule has 0 saturated carbocycles. The third-order valence-corrected chi connectivity index (χ3v) is 3.45. The first-order valence-corrected chi connectivity index (χ1v) is 5.13. The Labute approximate surface area is 95.7 Å². The Morgan fingerprint density at radius 1 is 1.15 bits per heavy atom. The summed E-state index contributed by atoms with van der Waals surface area (Å²) in [6.45, 7) is 4.86. The van der Waals surface area contributed by atoms with Crippen LogP contribution in [0.25, 0.3) is 5.32 Å².